The van der Waals surface area contributed by atoms with Crippen LogP contribution in [0.2, 0.25) is 5.02 Å². The summed E-state index contributed by atoms with van der Waals surface area (Å²) in [7, 11) is 0. The van der Waals surface area contributed by atoms with Gasteiger partial charge in [-0.15, -0.1) is 0 Å². The monoisotopic (exact) mass is 289 g/mol. The third kappa shape index (κ3) is 4.37. The van der Waals surface area contributed by atoms with Crippen molar-refractivity contribution in [2.24, 2.45) is 5.73 Å². The summed E-state index contributed by atoms with van der Waals surface area (Å²) < 4.78 is 5.20. The minimum atomic E-state index is -0.667. The number of esters is 1. The third-order valence-corrected chi connectivity index (χ3v) is 3.15. The molecule has 3 nitrogen and oxygen atoms in total. The Hall–Kier alpha value is -1.84. The van der Waals surface area contributed by atoms with Crippen LogP contribution in [0.3, 0.4) is 0 Å². The van der Waals surface area contributed by atoms with Crippen molar-refractivity contribution in [3.8, 4) is 0 Å². The molecule has 0 radical (unpaired) electrons. The molecule has 0 aromatic heterocycles. The van der Waals surface area contributed by atoms with Crippen LogP contribution in [0.25, 0.3) is 0 Å². The number of carbonyl (C=O) groups excluding carboxylic acids is 1. The molecule has 0 heterocycles. The number of benzene rings is 2. The van der Waals surface area contributed by atoms with Gasteiger partial charge in [-0.05, 0) is 29.7 Å². The molecule has 0 fully saturated rings. The molecule has 0 aliphatic heterocycles. The smallest absolute Gasteiger partial charge is 0.323 e. The van der Waals surface area contributed by atoms with Crippen molar-refractivity contribution >= 4 is 17.6 Å². The van der Waals surface area contributed by atoms with Gasteiger partial charge < -0.3 is 10.5 Å². The quantitative estimate of drug-likeness (QED) is 0.861. The molecule has 1 atom stereocenters. The van der Waals surface area contributed by atoms with Crippen LogP contribution in [-0.2, 0) is 22.6 Å². The molecule has 0 spiro atoms. The minimum Gasteiger partial charge on any atom is -0.460 e. The fourth-order valence-electron chi connectivity index (χ4n) is 1.79. The zero-order valence-corrected chi connectivity index (χ0v) is 11.7. The Morgan fingerprint density at radius 2 is 1.70 bits per heavy atom. The minimum absolute atomic E-state index is 0.244. The number of rotatable bonds is 5. The molecule has 2 aromatic rings. The second-order valence-electron chi connectivity index (χ2n) is 4.53. The molecule has 0 bridgehead atoms. The summed E-state index contributed by atoms with van der Waals surface area (Å²) in [5.41, 5.74) is 7.74. The van der Waals surface area contributed by atoms with Crippen molar-refractivity contribution in [2.45, 2.75) is 19.1 Å². The molecule has 0 amide bonds. The van der Waals surface area contributed by atoms with E-state index >= 15 is 0 Å². The van der Waals surface area contributed by atoms with E-state index in [0.717, 1.165) is 11.1 Å². The second kappa shape index (κ2) is 7.08. The first-order chi connectivity index (χ1) is 9.65. The van der Waals surface area contributed by atoms with Gasteiger partial charge in [0, 0.05) is 5.02 Å². The lowest BCUT2D eigenvalue weighted by molar-refractivity contribution is -0.146. The number of halogens is 1. The summed E-state index contributed by atoms with van der Waals surface area (Å²) in [6.07, 6.45) is 0.435. The Bertz CT molecular complexity index is 554. The van der Waals surface area contributed by atoms with Crippen LogP contribution in [0.15, 0.2) is 54.6 Å². The zero-order valence-electron chi connectivity index (χ0n) is 11.0. The first kappa shape index (κ1) is 14.6. The zero-order chi connectivity index (χ0) is 14.4. The van der Waals surface area contributed by atoms with Crippen LogP contribution in [-0.4, -0.2) is 12.0 Å². The van der Waals surface area contributed by atoms with Crippen LogP contribution >= 0.6 is 11.6 Å². The van der Waals surface area contributed by atoms with Crippen molar-refractivity contribution < 1.29 is 9.53 Å². The second-order valence-corrected chi connectivity index (χ2v) is 4.97. The summed E-state index contributed by atoms with van der Waals surface area (Å²) in [6, 6.07) is 16.1. The molecule has 0 aliphatic rings. The maximum absolute atomic E-state index is 11.8. The van der Waals surface area contributed by atoms with E-state index in [-0.39, 0.29) is 6.61 Å². The van der Waals surface area contributed by atoms with E-state index in [1.54, 1.807) is 12.1 Å². The Labute approximate surface area is 123 Å². The Morgan fingerprint density at radius 3 is 2.35 bits per heavy atom. The maximum Gasteiger partial charge on any atom is 0.323 e. The molecule has 0 saturated carbocycles. The summed E-state index contributed by atoms with van der Waals surface area (Å²) in [5.74, 6) is -0.399. The van der Waals surface area contributed by atoms with Gasteiger partial charge in [-0.2, -0.15) is 0 Å². The van der Waals surface area contributed by atoms with Crippen LogP contribution in [0.4, 0.5) is 0 Å². The summed E-state index contributed by atoms with van der Waals surface area (Å²) in [5, 5.41) is 0.661. The summed E-state index contributed by atoms with van der Waals surface area (Å²) in [6.45, 7) is 0.244. The van der Waals surface area contributed by atoms with E-state index in [1.165, 1.54) is 0 Å². The highest BCUT2D eigenvalue weighted by atomic mass is 35.5. The molecule has 2 N–H and O–H groups in total. The number of carbonyl (C=O) groups is 1. The van der Waals surface area contributed by atoms with Gasteiger partial charge >= 0.3 is 5.97 Å². The molecule has 2 aromatic carbocycles. The lowest BCUT2D eigenvalue weighted by Crippen LogP contribution is -2.34. The molecule has 0 aliphatic carbocycles. The van der Waals surface area contributed by atoms with Crippen LogP contribution in [0.5, 0.6) is 0 Å². The number of nitrogens with two attached hydrogens (primary N) is 1. The standard InChI is InChI=1S/C16H16ClNO2/c17-14-8-6-12(7-9-14)10-15(18)16(19)20-11-13-4-2-1-3-5-13/h1-9,15H,10-11,18H2/t15-/m0/s1. The van der Waals surface area contributed by atoms with E-state index in [2.05, 4.69) is 0 Å². The maximum atomic E-state index is 11.8. The number of hydrogen-bond acceptors (Lipinski definition) is 3. The van der Waals surface area contributed by atoms with E-state index in [9.17, 15) is 4.79 Å². The Balaban J connectivity index is 1.84. The highest BCUT2D eigenvalue weighted by Gasteiger charge is 2.15. The Kier molecular flexibility index (Phi) is 5.16. The van der Waals surface area contributed by atoms with E-state index in [1.807, 2.05) is 42.5 Å². The summed E-state index contributed by atoms with van der Waals surface area (Å²) >= 11 is 5.81. The van der Waals surface area contributed by atoms with Crippen LogP contribution in [0, 0.1) is 0 Å². The lowest BCUT2D eigenvalue weighted by atomic mass is 10.1. The SMILES string of the molecule is N[C@@H](Cc1ccc(Cl)cc1)C(=O)OCc1ccccc1. The molecule has 2 rings (SSSR count). The van der Waals surface area contributed by atoms with Gasteiger partial charge in [0.25, 0.3) is 0 Å². The highest BCUT2D eigenvalue weighted by molar-refractivity contribution is 6.30. The molecule has 4 heteroatoms. The highest BCUT2D eigenvalue weighted by Crippen LogP contribution is 2.11. The molecule has 20 heavy (non-hydrogen) atoms. The fraction of sp³-hybridized carbons (Fsp3) is 0.188. The largest absolute Gasteiger partial charge is 0.460 e. The predicted molar refractivity (Wildman–Crippen MR) is 79.4 cm³/mol. The van der Waals surface area contributed by atoms with Crippen LogP contribution in [0.1, 0.15) is 11.1 Å². The van der Waals surface area contributed by atoms with Gasteiger partial charge in [0.1, 0.15) is 12.6 Å². The van der Waals surface area contributed by atoms with Crippen molar-refractivity contribution in [1.29, 1.82) is 0 Å². The van der Waals surface area contributed by atoms with Gasteiger partial charge in [-0.1, -0.05) is 54.1 Å². The fourth-order valence-corrected chi connectivity index (χ4v) is 1.92. The van der Waals surface area contributed by atoms with Gasteiger partial charge in [-0.3, -0.25) is 4.79 Å². The first-order valence-electron chi connectivity index (χ1n) is 6.36. The number of ether oxygens (including phenoxy) is 1. The van der Waals surface area contributed by atoms with Crippen molar-refractivity contribution in [3.63, 3.8) is 0 Å². The number of hydrogen-bond donors (Lipinski definition) is 1. The Morgan fingerprint density at radius 1 is 1.05 bits per heavy atom. The predicted octanol–water partition coefficient (Wildman–Crippen LogP) is 2.95. The third-order valence-electron chi connectivity index (χ3n) is 2.90. The lowest BCUT2D eigenvalue weighted by Gasteiger charge is -2.11. The van der Waals surface area contributed by atoms with Gasteiger partial charge in [0.05, 0.1) is 0 Å². The topological polar surface area (TPSA) is 52.3 Å². The molecule has 0 unspecified atom stereocenters. The van der Waals surface area contributed by atoms with Gasteiger partial charge in [0.2, 0.25) is 0 Å². The van der Waals surface area contributed by atoms with Gasteiger partial charge in [0.15, 0.2) is 0 Å². The van der Waals surface area contributed by atoms with Crippen molar-refractivity contribution in [3.05, 3.63) is 70.7 Å². The average molecular weight is 290 g/mol. The van der Waals surface area contributed by atoms with E-state index in [0.29, 0.717) is 11.4 Å². The average Bonchev–Trinajstić information content (AvgIpc) is 2.48. The van der Waals surface area contributed by atoms with E-state index < -0.39 is 12.0 Å². The van der Waals surface area contributed by atoms with Crippen molar-refractivity contribution in [1.82, 2.24) is 0 Å². The first-order valence-corrected chi connectivity index (χ1v) is 6.73. The van der Waals surface area contributed by atoms with Gasteiger partial charge in [-0.25, -0.2) is 0 Å². The molecular formula is C16H16ClNO2. The van der Waals surface area contributed by atoms with Crippen LogP contribution < -0.4 is 5.73 Å². The van der Waals surface area contributed by atoms with Crippen molar-refractivity contribution in [2.75, 3.05) is 0 Å². The molecule has 0 saturated heterocycles. The molecular weight excluding hydrogens is 274 g/mol. The normalized spacial score (nSPS) is 11.9. The summed E-state index contributed by atoms with van der Waals surface area (Å²) in [4.78, 5) is 11.8. The van der Waals surface area contributed by atoms with E-state index in [4.69, 9.17) is 22.1 Å². The molecule has 104 valence electrons.